The zero-order chi connectivity index (χ0) is 12.5. The number of nitrogens with zero attached hydrogens (tertiary/aromatic N) is 1. The topological polar surface area (TPSA) is 66.8 Å². The summed E-state index contributed by atoms with van der Waals surface area (Å²) < 4.78 is 28.6. The van der Waals surface area contributed by atoms with Gasteiger partial charge >= 0.3 is 0 Å². The predicted octanol–water partition coefficient (Wildman–Crippen LogP) is -0.355. The van der Waals surface area contributed by atoms with E-state index in [2.05, 4.69) is 4.90 Å². The van der Waals surface area contributed by atoms with E-state index in [1.54, 1.807) is 0 Å². The van der Waals surface area contributed by atoms with Crippen LogP contribution in [0.3, 0.4) is 0 Å². The fourth-order valence-electron chi connectivity index (χ4n) is 2.80. The third-order valence-electron chi connectivity index (χ3n) is 3.57. The molecule has 0 aliphatic carbocycles. The Labute approximate surface area is 103 Å². The van der Waals surface area contributed by atoms with Crippen molar-refractivity contribution in [1.29, 1.82) is 0 Å². The average molecular weight is 263 g/mol. The van der Waals surface area contributed by atoms with Crippen LogP contribution in [0.1, 0.15) is 19.8 Å². The summed E-state index contributed by atoms with van der Waals surface area (Å²) in [6.07, 6.45) is 1.48. The van der Waals surface area contributed by atoms with Gasteiger partial charge in [0.15, 0.2) is 9.84 Å². The van der Waals surface area contributed by atoms with E-state index in [4.69, 9.17) is 4.74 Å². The van der Waals surface area contributed by atoms with Crippen LogP contribution in [0.5, 0.6) is 0 Å². The molecule has 0 spiro atoms. The van der Waals surface area contributed by atoms with Crippen LogP contribution in [0, 0.1) is 0 Å². The van der Waals surface area contributed by atoms with E-state index >= 15 is 0 Å². The van der Waals surface area contributed by atoms with Crippen molar-refractivity contribution < 1.29 is 18.3 Å². The van der Waals surface area contributed by atoms with E-state index < -0.39 is 15.9 Å². The standard InChI is InChI=1S/C11H21NO4S/c1-2-16-9-4-3-5-12(6-9)10-7-17(14,15)8-11(10)13/h9-11,13H,2-8H2,1H3. The number of aliphatic hydroxyl groups excluding tert-OH is 1. The molecule has 2 rings (SSSR count). The SMILES string of the molecule is CCOC1CCCN(C2CS(=O)(=O)CC2O)C1. The van der Waals surface area contributed by atoms with E-state index in [9.17, 15) is 13.5 Å². The number of ether oxygens (including phenoxy) is 1. The van der Waals surface area contributed by atoms with Crippen LogP contribution in [0.15, 0.2) is 0 Å². The largest absolute Gasteiger partial charge is 0.390 e. The Morgan fingerprint density at radius 1 is 1.41 bits per heavy atom. The number of aliphatic hydroxyl groups is 1. The minimum absolute atomic E-state index is 0.0898. The van der Waals surface area contributed by atoms with Gasteiger partial charge in [-0.15, -0.1) is 0 Å². The van der Waals surface area contributed by atoms with Gasteiger partial charge < -0.3 is 9.84 Å². The van der Waals surface area contributed by atoms with Gasteiger partial charge in [-0.2, -0.15) is 0 Å². The lowest BCUT2D eigenvalue weighted by atomic mass is 10.0. The number of hydrogen-bond donors (Lipinski definition) is 1. The Balaban J connectivity index is 1.98. The summed E-state index contributed by atoms with van der Waals surface area (Å²) in [7, 11) is -3.06. The van der Waals surface area contributed by atoms with Gasteiger partial charge in [0.05, 0.1) is 29.8 Å². The smallest absolute Gasteiger partial charge is 0.154 e. The summed E-state index contributed by atoms with van der Waals surface area (Å²) in [5.74, 6) is 0.000476. The molecule has 0 aromatic heterocycles. The molecule has 0 saturated carbocycles. The van der Waals surface area contributed by atoms with Crippen LogP contribution in [0.2, 0.25) is 0 Å². The Hall–Kier alpha value is -0.170. The van der Waals surface area contributed by atoms with Crippen LogP contribution in [-0.4, -0.2) is 67.9 Å². The monoisotopic (exact) mass is 263 g/mol. The fourth-order valence-corrected chi connectivity index (χ4v) is 4.63. The van der Waals surface area contributed by atoms with E-state index in [-0.39, 0.29) is 23.7 Å². The molecule has 2 saturated heterocycles. The first-order valence-electron chi connectivity index (χ1n) is 6.26. The second kappa shape index (κ2) is 5.22. The minimum atomic E-state index is -3.06. The highest BCUT2D eigenvalue weighted by atomic mass is 32.2. The highest BCUT2D eigenvalue weighted by molar-refractivity contribution is 7.91. The summed E-state index contributed by atoms with van der Waals surface area (Å²) in [5.41, 5.74) is 0. The van der Waals surface area contributed by atoms with Crippen LogP contribution in [0.25, 0.3) is 0 Å². The number of hydrogen-bond acceptors (Lipinski definition) is 5. The second-order valence-electron chi connectivity index (χ2n) is 4.93. The molecule has 0 aromatic rings. The van der Waals surface area contributed by atoms with Gasteiger partial charge in [0.2, 0.25) is 0 Å². The molecule has 2 aliphatic rings. The van der Waals surface area contributed by atoms with E-state index in [1.165, 1.54) is 0 Å². The Morgan fingerprint density at radius 2 is 2.18 bits per heavy atom. The Kier molecular flexibility index (Phi) is 4.07. The Bertz CT molecular complexity index is 354. The van der Waals surface area contributed by atoms with E-state index in [0.717, 1.165) is 25.9 Å². The van der Waals surface area contributed by atoms with Gasteiger partial charge in [-0.25, -0.2) is 8.42 Å². The van der Waals surface area contributed by atoms with Crippen molar-refractivity contribution in [2.24, 2.45) is 0 Å². The lowest BCUT2D eigenvalue weighted by molar-refractivity contribution is -0.0212. The van der Waals surface area contributed by atoms with Crippen molar-refractivity contribution in [3.05, 3.63) is 0 Å². The first kappa shape index (κ1) is 13.3. The lowest BCUT2D eigenvalue weighted by Gasteiger charge is -2.37. The minimum Gasteiger partial charge on any atom is -0.390 e. The molecule has 0 bridgehead atoms. The fraction of sp³-hybridized carbons (Fsp3) is 1.00. The Morgan fingerprint density at radius 3 is 2.76 bits per heavy atom. The molecule has 5 nitrogen and oxygen atoms in total. The van der Waals surface area contributed by atoms with Crippen molar-refractivity contribution in [2.75, 3.05) is 31.2 Å². The molecule has 2 fully saturated rings. The predicted molar refractivity (Wildman–Crippen MR) is 64.7 cm³/mol. The highest BCUT2D eigenvalue weighted by Gasteiger charge is 2.41. The molecule has 1 N–H and O–H groups in total. The average Bonchev–Trinajstić information content (AvgIpc) is 2.53. The maximum Gasteiger partial charge on any atom is 0.154 e. The third kappa shape index (κ3) is 3.19. The van der Waals surface area contributed by atoms with Gasteiger partial charge in [0, 0.05) is 13.2 Å². The van der Waals surface area contributed by atoms with E-state index in [0.29, 0.717) is 6.61 Å². The van der Waals surface area contributed by atoms with Crippen molar-refractivity contribution in [2.45, 2.75) is 38.0 Å². The number of rotatable bonds is 3. The quantitative estimate of drug-likeness (QED) is 0.753. The van der Waals surface area contributed by atoms with Crippen LogP contribution >= 0.6 is 0 Å². The molecule has 2 aliphatic heterocycles. The molecular formula is C11H21NO4S. The number of sulfone groups is 1. The van der Waals surface area contributed by atoms with Crippen molar-refractivity contribution in [1.82, 2.24) is 4.90 Å². The molecule has 17 heavy (non-hydrogen) atoms. The van der Waals surface area contributed by atoms with Crippen molar-refractivity contribution in [3.63, 3.8) is 0 Å². The summed E-state index contributed by atoms with van der Waals surface area (Å²) in [4.78, 5) is 2.08. The molecule has 100 valence electrons. The lowest BCUT2D eigenvalue weighted by Crippen LogP contribution is -2.50. The first-order valence-corrected chi connectivity index (χ1v) is 8.08. The summed E-state index contributed by atoms with van der Waals surface area (Å²) in [6.45, 7) is 4.25. The zero-order valence-corrected chi connectivity index (χ0v) is 11.0. The number of likely N-dealkylation sites (tertiary alicyclic amines) is 1. The summed E-state index contributed by atoms with van der Waals surface area (Å²) >= 11 is 0. The molecular weight excluding hydrogens is 242 g/mol. The molecule has 0 amide bonds. The molecule has 0 aromatic carbocycles. The van der Waals surface area contributed by atoms with Gasteiger partial charge in [-0.05, 0) is 26.3 Å². The molecule has 6 heteroatoms. The van der Waals surface area contributed by atoms with Crippen molar-refractivity contribution in [3.8, 4) is 0 Å². The third-order valence-corrected chi connectivity index (χ3v) is 5.27. The maximum absolute atomic E-state index is 11.5. The summed E-state index contributed by atoms with van der Waals surface area (Å²) in [6, 6.07) is -0.233. The van der Waals surface area contributed by atoms with Gasteiger partial charge in [-0.1, -0.05) is 0 Å². The van der Waals surface area contributed by atoms with Crippen LogP contribution in [-0.2, 0) is 14.6 Å². The van der Waals surface area contributed by atoms with E-state index in [1.807, 2.05) is 6.92 Å². The van der Waals surface area contributed by atoms with Crippen LogP contribution in [0.4, 0.5) is 0 Å². The molecule has 0 radical (unpaired) electrons. The molecule has 3 unspecified atom stereocenters. The van der Waals surface area contributed by atoms with Gasteiger partial charge in [-0.3, -0.25) is 4.90 Å². The highest BCUT2D eigenvalue weighted by Crippen LogP contribution is 2.23. The number of piperidine rings is 1. The maximum atomic E-state index is 11.5. The summed E-state index contributed by atoms with van der Waals surface area (Å²) in [5, 5.41) is 9.83. The first-order chi connectivity index (χ1) is 8.02. The normalized spacial score (nSPS) is 38.4. The van der Waals surface area contributed by atoms with Crippen LogP contribution < -0.4 is 0 Å². The van der Waals surface area contributed by atoms with Gasteiger partial charge in [0.25, 0.3) is 0 Å². The van der Waals surface area contributed by atoms with Crippen molar-refractivity contribution >= 4 is 9.84 Å². The molecule has 2 heterocycles. The zero-order valence-electron chi connectivity index (χ0n) is 10.2. The molecule has 3 atom stereocenters. The second-order valence-corrected chi connectivity index (χ2v) is 7.08. The van der Waals surface area contributed by atoms with Gasteiger partial charge in [0.1, 0.15) is 0 Å².